The van der Waals surface area contributed by atoms with Crippen LogP contribution in [-0.2, 0) is 27.1 Å². The SMILES string of the molecule is CCOC(C)OCC.O=CCc1cccc2c1Cc1ccccc1-2. The minimum absolute atomic E-state index is 0.0370. The molecule has 3 heteroatoms. The van der Waals surface area contributed by atoms with Crippen LogP contribution in [0.25, 0.3) is 11.1 Å². The van der Waals surface area contributed by atoms with Gasteiger partial charge in [0.05, 0.1) is 0 Å². The summed E-state index contributed by atoms with van der Waals surface area (Å²) in [6, 6.07) is 14.7. The normalized spacial score (nSPS) is 11.5. The first kappa shape index (κ1) is 18.4. The fourth-order valence-corrected chi connectivity index (χ4v) is 3.02. The van der Waals surface area contributed by atoms with E-state index in [0.29, 0.717) is 6.42 Å². The summed E-state index contributed by atoms with van der Waals surface area (Å²) in [6.07, 6.45) is 2.44. The highest BCUT2D eigenvalue weighted by Gasteiger charge is 2.19. The summed E-state index contributed by atoms with van der Waals surface area (Å²) in [4.78, 5) is 10.6. The lowest BCUT2D eigenvalue weighted by Crippen LogP contribution is -2.11. The zero-order chi connectivity index (χ0) is 17.4. The monoisotopic (exact) mass is 326 g/mol. The molecule has 0 amide bonds. The maximum absolute atomic E-state index is 10.6. The minimum atomic E-state index is -0.0370. The second-order valence-corrected chi connectivity index (χ2v) is 5.63. The van der Waals surface area contributed by atoms with Crippen LogP contribution in [0.15, 0.2) is 42.5 Å². The Morgan fingerprint density at radius 3 is 2.33 bits per heavy atom. The summed E-state index contributed by atoms with van der Waals surface area (Å²) in [5.74, 6) is 0. The van der Waals surface area contributed by atoms with E-state index in [-0.39, 0.29) is 6.29 Å². The van der Waals surface area contributed by atoms with Crippen molar-refractivity contribution < 1.29 is 14.3 Å². The number of carbonyl (C=O) groups excluding carboxylic acids is 1. The minimum Gasteiger partial charge on any atom is -0.353 e. The van der Waals surface area contributed by atoms with Crippen LogP contribution in [0.5, 0.6) is 0 Å². The Kier molecular flexibility index (Phi) is 7.16. The fraction of sp³-hybridized carbons (Fsp3) is 0.381. The van der Waals surface area contributed by atoms with Crippen LogP contribution in [0, 0.1) is 0 Å². The highest BCUT2D eigenvalue weighted by molar-refractivity contribution is 5.78. The zero-order valence-electron chi connectivity index (χ0n) is 14.7. The Hall–Kier alpha value is -1.97. The lowest BCUT2D eigenvalue weighted by atomic mass is 10.00. The number of carbonyl (C=O) groups is 1. The highest BCUT2D eigenvalue weighted by Crippen LogP contribution is 2.37. The van der Waals surface area contributed by atoms with Gasteiger partial charge in [-0.05, 0) is 55.0 Å². The van der Waals surface area contributed by atoms with Crippen molar-refractivity contribution in [2.75, 3.05) is 13.2 Å². The van der Waals surface area contributed by atoms with Gasteiger partial charge in [0.2, 0.25) is 0 Å². The maximum atomic E-state index is 10.6. The molecule has 0 spiro atoms. The molecule has 3 rings (SSSR count). The molecule has 1 aliphatic carbocycles. The van der Waals surface area contributed by atoms with Gasteiger partial charge in [-0.3, -0.25) is 0 Å². The third kappa shape index (κ3) is 4.53. The van der Waals surface area contributed by atoms with Crippen LogP contribution in [0.2, 0.25) is 0 Å². The average molecular weight is 326 g/mol. The largest absolute Gasteiger partial charge is 0.353 e. The van der Waals surface area contributed by atoms with E-state index >= 15 is 0 Å². The van der Waals surface area contributed by atoms with Gasteiger partial charge in [0.25, 0.3) is 0 Å². The first-order chi connectivity index (χ1) is 11.7. The molecule has 2 aromatic rings. The van der Waals surface area contributed by atoms with Crippen LogP contribution in [0.1, 0.15) is 37.5 Å². The smallest absolute Gasteiger partial charge is 0.154 e. The maximum Gasteiger partial charge on any atom is 0.154 e. The molecule has 128 valence electrons. The second kappa shape index (κ2) is 9.36. The summed E-state index contributed by atoms with van der Waals surface area (Å²) < 4.78 is 10.1. The van der Waals surface area contributed by atoms with Gasteiger partial charge in [-0.25, -0.2) is 0 Å². The molecule has 3 nitrogen and oxygen atoms in total. The molecule has 0 atom stereocenters. The summed E-state index contributed by atoms with van der Waals surface area (Å²) in [5, 5.41) is 0. The van der Waals surface area contributed by atoms with Gasteiger partial charge in [0, 0.05) is 19.6 Å². The van der Waals surface area contributed by atoms with Crippen molar-refractivity contribution in [3.05, 3.63) is 59.2 Å². The molecule has 0 saturated carbocycles. The number of aldehydes is 1. The van der Waals surface area contributed by atoms with Crippen LogP contribution in [0.3, 0.4) is 0 Å². The molecule has 24 heavy (non-hydrogen) atoms. The average Bonchev–Trinajstić information content (AvgIpc) is 2.96. The second-order valence-electron chi connectivity index (χ2n) is 5.63. The zero-order valence-corrected chi connectivity index (χ0v) is 14.7. The lowest BCUT2D eigenvalue weighted by molar-refractivity contribution is -0.123. The van der Waals surface area contributed by atoms with E-state index in [1.54, 1.807) is 0 Å². The van der Waals surface area contributed by atoms with Crippen molar-refractivity contribution in [2.24, 2.45) is 0 Å². The quantitative estimate of drug-likeness (QED) is 0.497. The Labute approximate surface area is 144 Å². The molecular weight excluding hydrogens is 300 g/mol. The Morgan fingerprint density at radius 1 is 1.00 bits per heavy atom. The van der Waals surface area contributed by atoms with Crippen LogP contribution in [-0.4, -0.2) is 25.8 Å². The number of fused-ring (bicyclic) bond motifs is 3. The summed E-state index contributed by atoms with van der Waals surface area (Å²) >= 11 is 0. The van der Waals surface area contributed by atoms with Crippen molar-refractivity contribution in [3.63, 3.8) is 0 Å². The van der Waals surface area contributed by atoms with Crippen molar-refractivity contribution in [3.8, 4) is 11.1 Å². The topological polar surface area (TPSA) is 35.5 Å². The van der Waals surface area contributed by atoms with Crippen LogP contribution < -0.4 is 0 Å². The number of ether oxygens (including phenoxy) is 2. The molecule has 0 unspecified atom stereocenters. The van der Waals surface area contributed by atoms with E-state index in [4.69, 9.17) is 9.47 Å². The number of rotatable bonds is 6. The molecule has 0 aromatic heterocycles. The first-order valence-corrected chi connectivity index (χ1v) is 8.57. The fourth-order valence-electron chi connectivity index (χ4n) is 3.02. The molecule has 2 aromatic carbocycles. The van der Waals surface area contributed by atoms with Gasteiger partial charge in [0.15, 0.2) is 6.29 Å². The number of hydrogen-bond donors (Lipinski definition) is 0. The molecule has 0 aliphatic heterocycles. The van der Waals surface area contributed by atoms with Gasteiger partial charge in [-0.1, -0.05) is 42.5 Å². The standard InChI is InChI=1S/C15H12O.C6H14O2/c16-9-8-11-5-3-7-14-13-6-2-1-4-12(13)10-15(11)14;1-4-7-6(3)8-5-2/h1-7,9H,8,10H2;6H,4-5H2,1-3H3. The van der Waals surface area contributed by atoms with Crippen molar-refractivity contribution in [1.29, 1.82) is 0 Å². The first-order valence-electron chi connectivity index (χ1n) is 8.57. The molecule has 0 fully saturated rings. The van der Waals surface area contributed by atoms with Gasteiger partial charge in [-0.15, -0.1) is 0 Å². The van der Waals surface area contributed by atoms with E-state index < -0.39 is 0 Å². The van der Waals surface area contributed by atoms with Crippen molar-refractivity contribution >= 4 is 6.29 Å². The predicted molar refractivity (Wildman–Crippen MR) is 97.2 cm³/mol. The molecule has 1 aliphatic rings. The summed E-state index contributed by atoms with van der Waals surface area (Å²) in [7, 11) is 0. The summed E-state index contributed by atoms with van der Waals surface area (Å²) in [5.41, 5.74) is 6.50. The number of hydrogen-bond acceptors (Lipinski definition) is 3. The van der Waals surface area contributed by atoms with Gasteiger partial charge in [-0.2, -0.15) is 0 Å². The van der Waals surface area contributed by atoms with Gasteiger partial charge >= 0.3 is 0 Å². The molecular formula is C21H26O3. The van der Waals surface area contributed by atoms with E-state index in [2.05, 4.69) is 36.4 Å². The van der Waals surface area contributed by atoms with E-state index in [1.165, 1.54) is 27.8 Å². The molecule has 0 bridgehead atoms. The van der Waals surface area contributed by atoms with Gasteiger partial charge in [0.1, 0.15) is 6.29 Å². The van der Waals surface area contributed by atoms with Crippen molar-refractivity contribution in [2.45, 2.75) is 39.9 Å². The predicted octanol–water partition coefficient (Wildman–Crippen LogP) is 4.40. The van der Waals surface area contributed by atoms with Gasteiger partial charge < -0.3 is 14.3 Å². The third-order valence-corrected chi connectivity index (χ3v) is 4.05. The molecule has 0 radical (unpaired) electrons. The molecule has 0 N–H and O–H groups in total. The molecule has 0 heterocycles. The third-order valence-electron chi connectivity index (χ3n) is 4.05. The highest BCUT2D eigenvalue weighted by atomic mass is 16.7. The number of benzene rings is 2. The van der Waals surface area contributed by atoms with Crippen molar-refractivity contribution in [1.82, 2.24) is 0 Å². The Balaban J connectivity index is 0.000000224. The van der Waals surface area contributed by atoms with Crippen LogP contribution >= 0.6 is 0 Å². The lowest BCUT2D eigenvalue weighted by Gasteiger charge is -2.09. The van der Waals surface area contributed by atoms with E-state index in [1.807, 2.05) is 26.8 Å². The van der Waals surface area contributed by atoms with E-state index in [9.17, 15) is 4.79 Å². The van der Waals surface area contributed by atoms with E-state index in [0.717, 1.165) is 25.9 Å². The Bertz CT molecular complexity index is 658. The Morgan fingerprint density at radius 2 is 1.67 bits per heavy atom. The summed E-state index contributed by atoms with van der Waals surface area (Å²) in [6.45, 7) is 7.25. The molecule has 0 saturated heterocycles. The van der Waals surface area contributed by atoms with Crippen LogP contribution in [0.4, 0.5) is 0 Å².